The highest BCUT2D eigenvalue weighted by Crippen LogP contribution is 2.27. The first kappa shape index (κ1) is 22.1. The lowest BCUT2D eigenvalue weighted by molar-refractivity contribution is 1.05. The van der Waals surface area contributed by atoms with E-state index in [-0.39, 0.29) is 0 Å². The van der Waals surface area contributed by atoms with E-state index in [1.54, 1.807) is 6.21 Å². The number of anilines is 1. The zero-order valence-corrected chi connectivity index (χ0v) is 20.3. The fourth-order valence-electron chi connectivity index (χ4n) is 4.03. The standard InChI is InChI=1S/C27H22ClN5S/c1-17-4-3-5-18(2)25(17)31-27(34)32-30-15-19-6-12-23-20(14-19)7-13-24-26(23)29-16-33(24)22-10-8-21(28)9-11-22/h3-16H,1-2H3,(H2,31,32,34). The first-order chi connectivity index (χ1) is 16.5. The number of para-hydroxylation sites is 1. The maximum absolute atomic E-state index is 6.04. The summed E-state index contributed by atoms with van der Waals surface area (Å²) in [4.78, 5) is 4.67. The van der Waals surface area contributed by atoms with Crippen molar-refractivity contribution >= 4 is 62.6 Å². The molecule has 0 spiro atoms. The fraction of sp³-hybridized carbons (Fsp3) is 0.0741. The van der Waals surface area contributed by atoms with E-state index in [2.05, 4.69) is 49.7 Å². The zero-order valence-electron chi connectivity index (χ0n) is 18.7. The summed E-state index contributed by atoms with van der Waals surface area (Å²) in [6.45, 7) is 4.09. The number of aryl methyl sites for hydroxylation is 2. The summed E-state index contributed by atoms with van der Waals surface area (Å²) in [6, 6.07) is 24.2. The van der Waals surface area contributed by atoms with Gasteiger partial charge >= 0.3 is 0 Å². The third-order valence-electron chi connectivity index (χ3n) is 5.76. The quantitative estimate of drug-likeness (QED) is 0.168. The minimum atomic E-state index is 0.448. The normalized spacial score (nSPS) is 11.4. The van der Waals surface area contributed by atoms with E-state index in [1.165, 1.54) is 0 Å². The highest BCUT2D eigenvalue weighted by Gasteiger charge is 2.09. The van der Waals surface area contributed by atoms with Gasteiger partial charge in [0.05, 0.1) is 17.2 Å². The third-order valence-corrected chi connectivity index (χ3v) is 6.21. The van der Waals surface area contributed by atoms with Crippen molar-refractivity contribution in [2.75, 3.05) is 5.32 Å². The second kappa shape index (κ2) is 9.25. The Balaban J connectivity index is 1.35. The van der Waals surface area contributed by atoms with E-state index >= 15 is 0 Å². The smallest absolute Gasteiger partial charge is 0.191 e. The van der Waals surface area contributed by atoms with E-state index < -0.39 is 0 Å². The molecule has 0 aliphatic carbocycles. The molecule has 0 fully saturated rings. The van der Waals surface area contributed by atoms with Crippen LogP contribution >= 0.6 is 23.8 Å². The van der Waals surface area contributed by atoms with Crippen molar-refractivity contribution in [2.24, 2.45) is 5.10 Å². The van der Waals surface area contributed by atoms with Gasteiger partial charge in [-0.25, -0.2) is 4.98 Å². The van der Waals surface area contributed by atoms with E-state index in [0.717, 1.165) is 49.9 Å². The van der Waals surface area contributed by atoms with Crippen molar-refractivity contribution in [2.45, 2.75) is 13.8 Å². The van der Waals surface area contributed by atoms with Gasteiger partial charge in [0.2, 0.25) is 0 Å². The van der Waals surface area contributed by atoms with E-state index in [4.69, 9.17) is 23.8 Å². The number of fused-ring (bicyclic) bond motifs is 3. The number of hydrogen-bond acceptors (Lipinski definition) is 3. The fourth-order valence-corrected chi connectivity index (χ4v) is 4.32. The molecule has 0 saturated heterocycles. The molecule has 1 aromatic heterocycles. The van der Waals surface area contributed by atoms with Crippen LogP contribution in [-0.4, -0.2) is 20.9 Å². The number of rotatable bonds is 4. The van der Waals surface area contributed by atoms with Gasteiger partial charge in [0.15, 0.2) is 5.11 Å². The van der Waals surface area contributed by atoms with Crippen molar-refractivity contribution in [3.05, 3.63) is 101 Å². The van der Waals surface area contributed by atoms with Crippen LogP contribution in [0.1, 0.15) is 16.7 Å². The maximum atomic E-state index is 6.04. The summed E-state index contributed by atoms with van der Waals surface area (Å²) in [7, 11) is 0. The molecule has 1 heterocycles. The topological polar surface area (TPSA) is 54.2 Å². The van der Waals surface area contributed by atoms with Crippen LogP contribution in [0.4, 0.5) is 5.69 Å². The first-order valence-electron chi connectivity index (χ1n) is 10.8. The first-order valence-corrected chi connectivity index (χ1v) is 11.6. The predicted octanol–water partition coefficient (Wildman–Crippen LogP) is 6.77. The molecule has 0 saturated carbocycles. The average molecular weight is 484 g/mol. The van der Waals surface area contributed by atoms with Crippen molar-refractivity contribution < 1.29 is 0 Å². The van der Waals surface area contributed by atoms with Gasteiger partial charge in [0.25, 0.3) is 0 Å². The van der Waals surface area contributed by atoms with E-state index in [0.29, 0.717) is 10.1 Å². The second-order valence-corrected chi connectivity index (χ2v) is 8.94. The number of nitrogens with zero attached hydrogens (tertiary/aromatic N) is 3. The zero-order chi connectivity index (χ0) is 23.7. The molecular formula is C27H22ClN5S. The number of hydrogen-bond donors (Lipinski definition) is 2. The number of benzene rings is 4. The Morgan fingerprint density at radius 3 is 2.53 bits per heavy atom. The molecule has 0 atom stereocenters. The number of hydrazone groups is 1. The van der Waals surface area contributed by atoms with Crippen LogP contribution in [-0.2, 0) is 0 Å². The van der Waals surface area contributed by atoms with Crippen molar-refractivity contribution in [1.82, 2.24) is 15.0 Å². The van der Waals surface area contributed by atoms with Crippen LogP contribution in [0.15, 0.2) is 84.2 Å². The summed E-state index contributed by atoms with van der Waals surface area (Å²) >= 11 is 11.4. The SMILES string of the molecule is Cc1cccc(C)c1NC(=S)NN=Cc1ccc2c(ccc3c2ncn3-c2ccc(Cl)cc2)c1. The molecule has 5 nitrogen and oxygen atoms in total. The predicted molar refractivity (Wildman–Crippen MR) is 146 cm³/mol. The Bertz CT molecular complexity index is 1530. The molecule has 5 rings (SSSR count). The van der Waals surface area contributed by atoms with Gasteiger partial charge in [-0.15, -0.1) is 0 Å². The molecular weight excluding hydrogens is 462 g/mol. The molecule has 0 aliphatic heterocycles. The lowest BCUT2D eigenvalue weighted by Crippen LogP contribution is -2.24. The summed E-state index contributed by atoms with van der Waals surface area (Å²) in [5, 5.41) is 10.9. The van der Waals surface area contributed by atoms with Crippen LogP contribution in [0.25, 0.3) is 27.5 Å². The molecule has 5 aromatic rings. The molecule has 2 N–H and O–H groups in total. The Morgan fingerprint density at radius 2 is 1.76 bits per heavy atom. The minimum Gasteiger partial charge on any atom is -0.331 e. The highest BCUT2D eigenvalue weighted by atomic mass is 35.5. The average Bonchev–Trinajstić information content (AvgIpc) is 3.26. The van der Waals surface area contributed by atoms with Crippen LogP contribution in [0.5, 0.6) is 0 Å². The van der Waals surface area contributed by atoms with Crippen LogP contribution in [0.3, 0.4) is 0 Å². The Labute approximate surface area is 208 Å². The summed E-state index contributed by atoms with van der Waals surface area (Å²) in [5.41, 5.74) is 10.1. The van der Waals surface area contributed by atoms with Crippen LogP contribution in [0.2, 0.25) is 5.02 Å². The number of nitrogens with one attached hydrogen (secondary N) is 2. The second-order valence-electron chi connectivity index (χ2n) is 8.10. The van der Waals surface area contributed by atoms with Gasteiger partial charge in [0.1, 0.15) is 6.33 Å². The Kier molecular flexibility index (Phi) is 6.01. The van der Waals surface area contributed by atoms with Crippen LogP contribution < -0.4 is 10.7 Å². The van der Waals surface area contributed by atoms with Gasteiger partial charge < -0.3 is 5.32 Å². The van der Waals surface area contributed by atoms with Gasteiger partial charge in [-0.3, -0.25) is 9.99 Å². The molecule has 168 valence electrons. The largest absolute Gasteiger partial charge is 0.331 e. The third kappa shape index (κ3) is 4.38. The molecule has 0 bridgehead atoms. The van der Waals surface area contributed by atoms with Crippen molar-refractivity contribution in [3.63, 3.8) is 0 Å². The van der Waals surface area contributed by atoms with E-state index in [1.807, 2.05) is 68.7 Å². The monoisotopic (exact) mass is 483 g/mol. The van der Waals surface area contributed by atoms with Crippen LogP contribution in [0, 0.1) is 13.8 Å². The number of halogens is 1. The molecule has 0 radical (unpaired) electrons. The number of thiocarbonyl (C=S) groups is 1. The lowest BCUT2D eigenvalue weighted by atomic mass is 10.1. The maximum Gasteiger partial charge on any atom is 0.191 e. The molecule has 0 unspecified atom stereocenters. The van der Waals surface area contributed by atoms with E-state index in [9.17, 15) is 0 Å². The van der Waals surface area contributed by atoms with Gasteiger partial charge in [-0.2, -0.15) is 5.10 Å². The Hall–Kier alpha value is -3.74. The summed E-state index contributed by atoms with van der Waals surface area (Å²) in [5.74, 6) is 0. The summed E-state index contributed by atoms with van der Waals surface area (Å²) < 4.78 is 2.06. The highest BCUT2D eigenvalue weighted by molar-refractivity contribution is 7.80. The molecule has 4 aromatic carbocycles. The molecule has 0 amide bonds. The number of aromatic nitrogens is 2. The van der Waals surface area contributed by atoms with Gasteiger partial charge in [0, 0.05) is 21.8 Å². The van der Waals surface area contributed by atoms with Gasteiger partial charge in [-0.1, -0.05) is 48.0 Å². The number of imidazole rings is 1. The Morgan fingerprint density at radius 1 is 1.00 bits per heavy atom. The summed E-state index contributed by atoms with van der Waals surface area (Å²) in [6.07, 6.45) is 3.60. The molecule has 7 heteroatoms. The molecule has 34 heavy (non-hydrogen) atoms. The van der Waals surface area contributed by atoms with Gasteiger partial charge in [-0.05, 0) is 84.5 Å². The van der Waals surface area contributed by atoms with Crippen molar-refractivity contribution in [1.29, 1.82) is 0 Å². The van der Waals surface area contributed by atoms with Crippen molar-refractivity contribution in [3.8, 4) is 5.69 Å². The minimum absolute atomic E-state index is 0.448. The molecule has 0 aliphatic rings. The lowest BCUT2D eigenvalue weighted by Gasteiger charge is -2.12.